The lowest BCUT2D eigenvalue weighted by atomic mass is 9.93. The molecule has 1 unspecified atom stereocenters. The number of nitrogens with one attached hydrogen (secondary N) is 2. The zero-order valence-electron chi connectivity index (χ0n) is 11.4. The smallest absolute Gasteiger partial charge is 0.408 e. The average Bonchev–Trinajstić information content (AvgIpc) is 2.84. The van der Waals surface area contributed by atoms with Gasteiger partial charge in [0.25, 0.3) is 0 Å². The first-order chi connectivity index (χ1) is 8.82. The Bertz CT molecular complexity index is 458. The van der Waals surface area contributed by atoms with Gasteiger partial charge in [0.2, 0.25) is 0 Å². The monoisotopic (exact) mass is 268 g/mol. The van der Waals surface area contributed by atoms with Crippen LogP contribution in [0.25, 0.3) is 0 Å². The van der Waals surface area contributed by atoms with E-state index >= 15 is 0 Å². The zero-order valence-corrected chi connectivity index (χ0v) is 11.4. The molecule has 19 heavy (non-hydrogen) atoms. The van der Waals surface area contributed by atoms with Gasteiger partial charge in [0.1, 0.15) is 11.1 Å². The lowest BCUT2D eigenvalue weighted by molar-refractivity contribution is 0.0434. The van der Waals surface area contributed by atoms with Gasteiger partial charge in [0.15, 0.2) is 0 Å². The molecule has 2 heterocycles. The Morgan fingerprint density at radius 2 is 2.37 bits per heavy atom. The Hall–Kier alpha value is -1.76. The lowest BCUT2D eigenvalue weighted by Crippen LogP contribution is -2.48. The molecule has 1 aliphatic rings. The van der Waals surface area contributed by atoms with Gasteiger partial charge in [-0.2, -0.15) is 5.10 Å². The van der Waals surface area contributed by atoms with Crippen LogP contribution in [0.15, 0.2) is 6.20 Å². The van der Waals surface area contributed by atoms with E-state index < -0.39 is 17.2 Å². The molecule has 2 rings (SSSR count). The number of nitrogens with two attached hydrogens (primary N) is 1. The normalized spacial score (nSPS) is 23.3. The van der Waals surface area contributed by atoms with Gasteiger partial charge in [-0.1, -0.05) is 0 Å². The van der Waals surface area contributed by atoms with E-state index in [-0.39, 0.29) is 0 Å². The average molecular weight is 268 g/mol. The molecule has 106 valence electrons. The van der Waals surface area contributed by atoms with Gasteiger partial charge in [-0.05, 0) is 20.8 Å². The minimum atomic E-state index is -0.692. The molecule has 1 fully saturated rings. The Balaban J connectivity index is 2.18. The van der Waals surface area contributed by atoms with E-state index in [1.807, 2.05) is 20.8 Å². The summed E-state index contributed by atoms with van der Waals surface area (Å²) in [6.45, 7) is 6.34. The fraction of sp³-hybridized carbons (Fsp3) is 0.667. The van der Waals surface area contributed by atoms with Gasteiger partial charge in [-0.25, -0.2) is 4.79 Å². The van der Waals surface area contributed by atoms with Gasteiger partial charge in [-0.3, -0.25) is 5.10 Å². The van der Waals surface area contributed by atoms with Crippen LogP contribution in [0.2, 0.25) is 0 Å². The molecule has 7 nitrogen and oxygen atoms in total. The number of rotatable bonds is 2. The molecular weight excluding hydrogens is 248 g/mol. The highest BCUT2D eigenvalue weighted by Crippen LogP contribution is 2.32. The summed E-state index contributed by atoms with van der Waals surface area (Å²) < 4.78 is 10.7. The molecular formula is C12H20N4O3. The number of hydrogen-bond acceptors (Lipinski definition) is 5. The summed E-state index contributed by atoms with van der Waals surface area (Å²) in [5, 5.41) is 9.58. The third-order valence-electron chi connectivity index (χ3n) is 2.91. The summed E-state index contributed by atoms with van der Waals surface area (Å²) in [7, 11) is 0. The van der Waals surface area contributed by atoms with Crippen LogP contribution in [0.3, 0.4) is 0 Å². The molecule has 0 saturated carbocycles. The fourth-order valence-electron chi connectivity index (χ4n) is 2.10. The quantitative estimate of drug-likeness (QED) is 0.746. The summed E-state index contributed by atoms with van der Waals surface area (Å²) in [5.74, 6) is 0. The highest BCUT2D eigenvalue weighted by molar-refractivity contribution is 5.70. The summed E-state index contributed by atoms with van der Waals surface area (Å²) in [5.41, 5.74) is 5.79. The SMILES string of the molecule is CC(C)(C)OC(=O)NC1(c2[nH]ncc2N)CCOC1. The van der Waals surface area contributed by atoms with Crippen LogP contribution < -0.4 is 11.1 Å². The van der Waals surface area contributed by atoms with Crippen molar-refractivity contribution in [1.29, 1.82) is 0 Å². The van der Waals surface area contributed by atoms with E-state index in [1.165, 1.54) is 6.20 Å². The molecule has 1 saturated heterocycles. The minimum absolute atomic E-state index is 0.346. The molecule has 1 aliphatic heterocycles. The number of ether oxygens (including phenoxy) is 2. The third-order valence-corrected chi connectivity index (χ3v) is 2.91. The van der Waals surface area contributed by atoms with Gasteiger partial charge in [0.05, 0.1) is 24.2 Å². The van der Waals surface area contributed by atoms with Crippen molar-refractivity contribution in [2.45, 2.75) is 38.3 Å². The Morgan fingerprint density at radius 3 is 2.84 bits per heavy atom. The lowest BCUT2D eigenvalue weighted by Gasteiger charge is -2.29. The van der Waals surface area contributed by atoms with Crippen LogP contribution in [-0.4, -0.2) is 35.1 Å². The topological polar surface area (TPSA) is 102 Å². The highest BCUT2D eigenvalue weighted by Gasteiger charge is 2.42. The number of nitrogens with zero attached hydrogens (tertiary/aromatic N) is 1. The second kappa shape index (κ2) is 4.73. The number of hydrogen-bond donors (Lipinski definition) is 3. The first kappa shape index (κ1) is 13.7. The predicted molar refractivity (Wildman–Crippen MR) is 69.5 cm³/mol. The van der Waals surface area contributed by atoms with E-state index in [9.17, 15) is 4.79 Å². The molecule has 4 N–H and O–H groups in total. The maximum atomic E-state index is 12.0. The standard InChI is InChI=1S/C12H20N4O3/c1-11(2,3)19-10(17)15-12(4-5-18-7-12)9-8(13)6-14-16-9/h6H,4-5,7,13H2,1-3H3,(H,14,16)(H,15,17). The molecule has 0 radical (unpaired) electrons. The molecule has 0 aliphatic carbocycles. The largest absolute Gasteiger partial charge is 0.444 e. The minimum Gasteiger partial charge on any atom is -0.444 e. The number of nitrogen functional groups attached to an aromatic ring is 1. The van der Waals surface area contributed by atoms with E-state index in [2.05, 4.69) is 15.5 Å². The van der Waals surface area contributed by atoms with Crippen molar-refractivity contribution in [1.82, 2.24) is 15.5 Å². The van der Waals surface area contributed by atoms with Crippen molar-refractivity contribution in [3.8, 4) is 0 Å². The van der Waals surface area contributed by atoms with Crippen molar-refractivity contribution < 1.29 is 14.3 Å². The summed E-state index contributed by atoms with van der Waals surface area (Å²) in [6, 6.07) is 0. The second-order valence-electron chi connectivity index (χ2n) is 5.71. The highest BCUT2D eigenvalue weighted by atomic mass is 16.6. The number of anilines is 1. The Kier molecular flexibility index (Phi) is 3.40. The molecule has 1 aromatic heterocycles. The van der Waals surface area contributed by atoms with Crippen molar-refractivity contribution >= 4 is 11.8 Å². The zero-order chi connectivity index (χ0) is 14.1. The van der Waals surface area contributed by atoms with E-state index in [4.69, 9.17) is 15.2 Å². The van der Waals surface area contributed by atoms with Crippen molar-refractivity contribution in [2.75, 3.05) is 18.9 Å². The van der Waals surface area contributed by atoms with Crippen molar-refractivity contribution in [3.63, 3.8) is 0 Å². The second-order valence-corrected chi connectivity index (χ2v) is 5.71. The summed E-state index contributed by atoms with van der Waals surface area (Å²) >= 11 is 0. The maximum absolute atomic E-state index is 12.0. The maximum Gasteiger partial charge on any atom is 0.408 e. The Labute approximate surface area is 111 Å². The number of alkyl carbamates (subject to hydrolysis) is 1. The number of carbonyl (C=O) groups excluding carboxylic acids is 1. The van der Waals surface area contributed by atoms with Crippen LogP contribution >= 0.6 is 0 Å². The van der Waals surface area contributed by atoms with Crippen LogP contribution in [0.5, 0.6) is 0 Å². The number of amides is 1. The third kappa shape index (κ3) is 2.98. The van der Waals surface area contributed by atoms with Crippen LogP contribution in [0, 0.1) is 0 Å². The van der Waals surface area contributed by atoms with Gasteiger partial charge in [0, 0.05) is 13.0 Å². The van der Waals surface area contributed by atoms with E-state index in [1.54, 1.807) is 0 Å². The molecule has 0 aromatic carbocycles. The van der Waals surface area contributed by atoms with Crippen molar-refractivity contribution in [2.24, 2.45) is 0 Å². The number of H-pyrrole nitrogens is 1. The molecule has 1 atom stereocenters. The summed E-state index contributed by atoms with van der Waals surface area (Å²) in [4.78, 5) is 12.0. The molecule has 7 heteroatoms. The van der Waals surface area contributed by atoms with Crippen molar-refractivity contribution in [3.05, 3.63) is 11.9 Å². The van der Waals surface area contributed by atoms with Crippen LogP contribution in [-0.2, 0) is 15.0 Å². The fourth-order valence-corrected chi connectivity index (χ4v) is 2.10. The van der Waals surface area contributed by atoms with E-state index in [0.29, 0.717) is 31.0 Å². The first-order valence-electron chi connectivity index (χ1n) is 6.21. The first-order valence-corrected chi connectivity index (χ1v) is 6.21. The van der Waals surface area contributed by atoms with Gasteiger partial charge >= 0.3 is 6.09 Å². The van der Waals surface area contributed by atoms with Gasteiger partial charge in [-0.15, -0.1) is 0 Å². The number of carbonyl (C=O) groups is 1. The molecule has 0 bridgehead atoms. The molecule has 1 aromatic rings. The number of aromatic nitrogens is 2. The van der Waals surface area contributed by atoms with E-state index in [0.717, 1.165) is 0 Å². The summed E-state index contributed by atoms with van der Waals surface area (Å²) in [6.07, 6.45) is 1.65. The van der Waals surface area contributed by atoms with Gasteiger partial charge < -0.3 is 20.5 Å². The molecule has 1 amide bonds. The molecule has 0 spiro atoms. The number of aromatic amines is 1. The van der Waals surface area contributed by atoms with Crippen LogP contribution in [0.1, 0.15) is 32.9 Å². The predicted octanol–water partition coefficient (Wildman–Crippen LogP) is 1.13. The van der Waals surface area contributed by atoms with Crippen LogP contribution in [0.4, 0.5) is 10.5 Å². The Morgan fingerprint density at radius 1 is 1.63 bits per heavy atom.